The Labute approximate surface area is 88.7 Å². The Morgan fingerprint density at radius 1 is 1.29 bits per heavy atom. The highest BCUT2D eigenvalue weighted by Crippen LogP contribution is 2.14. The number of rotatable bonds is 8. The first-order valence-corrected chi connectivity index (χ1v) is 5.85. The van der Waals surface area contributed by atoms with Crippen molar-refractivity contribution in [2.45, 2.75) is 71.5 Å². The summed E-state index contributed by atoms with van der Waals surface area (Å²) in [5.74, 6) is 0. The van der Waals surface area contributed by atoms with Crippen LogP contribution in [-0.2, 0) is 4.74 Å². The molecule has 0 aliphatic heterocycles. The predicted octanol–water partition coefficient (Wildman–Crippen LogP) is 3.13. The van der Waals surface area contributed by atoms with Gasteiger partial charge in [-0.05, 0) is 26.7 Å². The molecule has 0 amide bonds. The Hall–Kier alpha value is -0.0800. The summed E-state index contributed by atoms with van der Waals surface area (Å²) >= 11 is 0. The fraction of sp³-hybridized carbons (Fsp3) is 1.00. The Bertz CT molecular complexity index is 132. The van der Waals surface area contributed by atoms with Crippen molar-refractivity contribution < 1.29 is 9.84 Å². The SMILES string of the molecule is CCCCC(C)OCC(C)(O)CCC. The van der Waals surface area contributed by atoms with Crippen LogP contribution in [0.5, 0.6) is 0 Å². The number of aliphatic hydroxyl groups is 1. The van der Waals surface area contributed by atoms with Crippen molar-refractivity contribution in [3.63, 3.8) is 0 Å². The predicted molar refractivity (Wildman–Crippen MR) is 60.5 cm³/mol. The van der Waals surface area contributed by atoms with E-state index in [9.17, 15) is 5.11 Å². The molecule has 0 heterocycles. The van der Waals surface area contributed by atoms with E-state index in [2.05, 4.69) is 20.8 Å². The third-order valence-electron chi connectivity index (χ3n) is 2.43. The van der Waals surface area contributed by atoms with E-state index in [0.717, 1.165) is 19.3 Å². The van der Waals surface area contributed by atoms with Crippen LogP contribution in [0.15, 0.2) is 0 Å². The van der Waals surface area contributed by atoms with E-state index in [4.69, 9.17) is 4.74 Å². The van der Waals surface area contributed by atoms with Crippen LogP contribution in [0.25, 0.3) is 0 Å². The lowest BCUT2D eigenvalue weighted by Gasteiger charge is -2.24. The van der Waals surface area contributed by atoms with Crippen LogP contribution in [0.3, 0.4) is 0 Å². The monoisotopic (exact) mass is 202 g/mol. The van der Waals surface area contributed by atoms with Gasteiger partial charge >= 0.3 is 0 Å². The normalized spacial score (nSPS) is 17.8. The second-order valence-corrected chi connectivity index (χ2v) is 4.51. The van der Waals surface area contributed by atoms with E-state index >= 15 is 0 Å². The molecule has 0 aromatic carbocycles. The van der Waals surface area contributed by atoms with Gasteiger partial charge in [0.25, 0.3) is 0 Å². The van der Waals surface area contributed by atoms with Crippen molar-refractivity contribution in [3.8, 4) is 0 Å². The summed E-state index contributed by atoms with van der Waals surface area (Å²) in [6.07, 6.45) is 5.60. The van der Waals surface area contributed by atoms with E-state index < -0.39 is 5.60 Å². The lowest BCUT2D eigenvalue weighted by atomic mass is 10.0. The number of ether oxygens (including phenoxy) is 1. The molecule has 2 atom stereocenters. The number of hydrogen-bond donors (Lipinski definition) is 1. The largest absolute Gasteiger partial charge is 0.388 e. The average molecular weight is 202 g/mol. The molecule has 0 spiro atoms. The van der Waals surface area contributed by atoms with Gasteiger partial charge in [0.1, 0.15) is 0 Å². The van der Waals surface area contributed by atoms with Crippen molar-refractivity contribution in [2.75, 3.05) is 6.61 Å². The van der Waals surface area contributed by atoms with E-state index in [0.29, 0.717) is 6.61 Å². The van der Waals surface area contributed by atoms with Gasteiger partial charge in [-0.1, -0.05) is 33.1 Å². The standard InChI is InChI=1S/C12H26O2/c1-5-7-8-11(3)14-10-12(4,13)9-6-2/h11,13H,5-10H2,1-4H3. The molecular formula is C12H26O2. The van der Waals surface area contributed by atoms with Gasteiger partial charge in [-0.3, -0.25) is 0 Å². The van der Waals surface area contributed by atoms with Crippen LogP contribution in [0, 0.1) is 0 Å². The third kappa shape index (κ3) is 7.34. The highest BCUT2D eigenvalue weighted by molar-refractivity contribution is 4.71. The molecule has 0 aliphatic carbocycles. The summed E-state index contributed by atoms with van der Waals surface area (Å²) in [4.78, 5) is 0. The van der Waals surface area contributed by atoms with Gasteiger partial charge in [-0.2, -0.15) is 0 Å². The fourth-order valence-corrected chi connectivity index (χ4v) is 1.51. The summed E-state index contributed by atoms with van der Waals surface area (Å²) < 4.78 is 5.61. The Balaban J connectivity index is 3.58. The van der Waals surface area contributed by atoms with Gasteiger partial charge in [0.15, 0.2) is 0 Å². The number of hydrogen-bond acceptors (Lipinski definition) is 2. The minimum Gasteiger partial charge on any atom is -0.388 e. The molecule has 0 radical (unpaired) electrons. The molecule has 0 aliphatic rings. The maximum Gasteiger partial charge on any atom is 0.0852 e. The molecule has 14 heavy (non-hydrogen) atoms. The van der Waals surface area contributed by atoms with Crippen LogP contribution in [0.2, 0.25) is 0 Å². The quantitative estimate of drug-likeness (QED) is 0.655. The minimum absolute atomic E-state index is 0.276. The molecule has 0 rings (SSSR count). The van der Waals surface area contributed by atoms with Gasteiger partial charge in [0.05, 0.1) is 18.3 Å². The molecule has 1 N–H and O–H groups in total. The van der Waals surface area contributed by atoms with Crippen LogP contribution < -0.4 is 0 Å². The third-order valence-corrected chi connectivity index (χ3v) is 2.43. The topological polar surface area (TPSA) is 29.5 Å². The number of unbranched alkanes of at least 4 members (excludes halogenated alkanes) is 1. The molecule has 0 fully saturated rings. The molecule has 2 nitrogen and oxygen atoms in total. The summed E-state index contributed by atoms with van der Waals surface area (Å²) in [5, 5.41) is 9.86. The van der Waals surface area contributed by atoms with Crippen molar-refractivity contribution in [1.82, 2.24) is 0 Å². The zero-order valence-corrected chi connectivity index (χ0v) is 10.2. The van der Waals surface area contributed by atoms with Crippen molar-refractivity contribution in [2.24, 2.45) is 0 Å². The summed E-state index contributed by atoms with van der Waals surface area (Å²) in [7, 11) is 0. The van der Waals surface area contributed by atoms with Crippen molar-refractivity contribution >= 4 is 0 Å². The van der Waals surface area contributed by atoms with Gasteiger partial charge < -0.3 is 9.84 Å². The van der Waals surface area contributed by atoms with E-state index in [1.165, 1.54) is 12.8 Å². The zero-order chi connectivity index (χ0) is 11.0. The van der Waals surface area contributed by atoms with Gasteiger partial charge in [0, 0.05) is 0 Å². The van der Waals surface area contributed by atoms with Crippen molar-refractivity contribution in [3.05, 3.63) is 0 Å². The molecule has 0 saturated heterocycles. The summed E-state index contributed by atoms with van der Waals surface area (Å²) in [5.41, 5.74) is -0.644. The van der Waals surface area contributed by atoms with E-state index in [1.54, 1.807) is 0 Å². The maximum atomic E-state index is 9.86. The molecule has 86 valence electrons. The van der Waals surface area contributed by atoms with Crippen LogP contribution in [0.4, 0.5) is 0 Å². The summed E-state index contributed by atoms with van der Waals surface area (Å²) in [6.45, 7) is 8.65. The first-order valence-electron chi connectivity index (χ1n) is 5.85. The molecule has 2 unspecified atom stereocenters. The van der Waals surface area contributed by atoms with Crippen LogP contribution >= 0.6 is 0 Å². The first kappa shape index (κ1) is 13.9. The van der Waals surface area contributed by atoms with Gasteiger partial charge in [0.2, 0.25) is 0 Å². The van der Waals surface area contributed by atoms with E-state index in [1.807, 2.05) is 6.92 Å². The van der Waals surface area contributed by atoms with Gasteiger partial charge in [-0.15, -0.1) is 0 Å². The second kappa shape index (κ2) is 7.24. The van der Waals surface area contributed by atoms with Gasteiger partial charge in [-0.25, -0.2) is 0 Å². The second-order valence-electron chi connectivity index (χ2n) is 4.51. The van der Waals surface area contributed by atoms with Crippen LogP contribution in [0.1, 0.15) is 59.8 Å². The maximum absolute atomic E-state index is 9.86. The average Bonchev–Trinajstić information content (AvgIpc) is 2.11. The highest BCUT2D eigenvalue weighted by Gasteiger charge is 2.20. The van der Waals surface area contributed by atoms with Crippen molar-refractivity contribution in [1.29, 1.82) is 0 Å². The smallest absolute Gasteiger partial charge is 0.0852 e. The lowest BCUT2D eigenvalue weighted by Crippen LogP contribution is -2.32. The Kier molecular flexibility index (Phi) is 7.20. The fourth-order valence-electron chi connectivity index (χ4n) is 1.51. The highest BCUT2D eigenvalue weighted by atomic mass is 16.5. The molecule has 2 heteroatoms. The zero-order valence-electron chi connectivity index (χ0n) is 10.2. The molecule has 0 aromatic heterocycles. The molecule has 0 bridgehead atoms. The minimum atomic E-state index is -0.644. The van der Waals surface area contributed by atoms with Crippen LogP contribution in [-0.4, -0.2) is 23.4 Å². The Morgan fingerprint density at radius 3 is 2.43 bits per heavy atom. The Morgan fingerprint density at radius 2 is 1.93 bits per heavy atom. The lowest BCUT2D eigenvalue weighted by molar-refractivity contribution is -0.0645. The molecular weight excluding hydrogens is 176 g/mol. The molecule has 0 saturated carbocycles. The summed E-state index contributed by atoms with van der Waals surface area (Å²) in [6, 6.07) is 0. The molecule has 0 aromatic rings. The van der Waals surface area contributed by atoms with E-state index in [-0.39, 0.29) is 6.10 Å². The first-order chi connectivity index (χ1) is 6.52.